The molecule has 0 spiro atoms. The number of nitrogens with one attached hydrogen (secondary N) is 2. The monoisotopic (exact) mass is 215 g/mol. The predicted molar refractivity (Wildman–Crippen MR) is 59.1 cm³/mol. The summed E-state index contributed by atoms with van der Waals surface area (Å²) in [7, 11) is 1.60. The smallest absolute Gasteiger partial charge is 0.222 e. The van der Waals surface area contributed by atoms with Crippen LogP contribution < -0.4 is 16.4 Å². The van der Waals surface area contributed by atoms with Gasteiger partial charge in [0, 0.05) is 32.0 Å². The average molecular weight is 215 g/mol. The second kappa shape index (κ2) is 6.40. The van der Waals surface area contributed by atoms with E-state index < -0.39 is 0 Å². The van der Waals surface area contributed by atoms with Crippen LogP contribution in [0.1, 0.15) is 27.2 Å². The maximum atomic E-state index is 11.2. The van der Waals surface area contributed by atoms with Crippen molar-refractivity contribution in [3.05, 3.63) is 0 Å². The molecule has 3 atom stereocenters. The van der Waals surface area contributed by atoms with E-state index in [1.807, 2.05) is 13.8 Å². The molecule has 5 heteroatoms. The van der Waals surface area contributed by atoms with E-state index in [-0.39, 0.29) is 29.8 Å². The minimum Gasteiger partial charge on any atom is -0.359 e. The molecule has 0 fully saturated rings. The van der Waals surface area contributed by atoms with Gasteiger partial charge in [0.2, 0.25) is 11.8 Å². The van der Waals surface area contributed by atoms with Gasteiger partial charge in [-0.1, -0.05) is 6.92 Å². The van der Waals surface area contributed by atoms with Gasteiger partial charge in [-0.15, -0.1) is 0 Å². The summed E-state index contributed by atoms with van der Waals surface area (Å²) in [5.41, 5.74) is 5.86. The van der Waals surface area contributed by atoms with Crippen LogP contribution in [0.15, 0.2) is 0 Å². The fourth-order valence-corrected chi connectivity index (χ4v) is 1.39. The van der Waals surface area contributed by atoms with Crippen LogP contribution in [0.5, 0.6) is 0 Å². The molecular formula is C10H21N3O2. The molecule has 5 nitrogen and oxygen atoms in total. The lowest BCUT2D eigenvalue weighted by Gasteiger charge is -2.22. The minimum absolute atomic E-state index is 0.0273. The van der Waals surface area contributed by atoms with Crippen molar-refractivity contribution in [3.63, 3.8) is 0 Å². The molecule has 0 aliphatic heterocycles. The lowest BCUT2D eigenvalue weighted by atomic mass is 9.97. The average Bonchev–Trinajstić information content (AvgIpc) is 2.15. The van der Waals surface area contributed by atoms with Crippen molar-refractivity contribution in [2.24, 2.45) is 11.7 Å². The fraction of sp³-hybridized carbons (Fsp3) is 0.800. The van der Waals surface area contributed by atoms with Crippen LogP contribution in [0.25, 0.3) is 0 Å². The van der Waals surface area contributed by atoms with Crippen LogP contribution in [0, 0.1) is 5.92 Å². The van der Waals surface area contributed by atoms with Crippen LogP contribution in [-0.2, 0) is 9.59 Å². The standard InChI is InChI=1S/C10H21N3O2/c1-6(10(15)12-4)5-9(11)7(2)13-8(3)14/h6-7,9H,5,11H2,1-4H3,(H,12,15)(H,13,14)/t6-,7+,9+/m1/s1. The first-order valence-electron chi connectivity index (χ1n) is 5.12. The molecule has 0 aromatic carbocycles. The van der Waals surface area contributed by atoms with Crippen molar-refractivity contribution in [3.8, 4) is 0 Å². The molecular weight excluding hydrogens is 194 g/mol. The molecule has 2 amide bonds. The first-order chi connectivity index (χ1) is 6.88. The normalized spacial score (nSPS) is 16.3. The second-order valence-corrected chi connectivity index (χ2v) is 3.90. The summed E-state index contributed by atoms with van der Waals surface area (Å²) in [5, 5.41) is 5.28. The summed E-state index contributed by atoms with van der Waals surface area (Å²) in [6, 6.07) is -0.323. The van der Waals surface area contributed by atoms with Gasteiger partial charge in [-0.2, -0.15) is 0 Å². The van der Waals surface area contributed by atoms with Crippen molar-refractivity contribution >= 4 is 11.8 Å². The highest BCUT2D eigenvalue weighted by Gasteiger charge is 2.20. The summed E-state index contributed by atoms with van der Waals surface area (Å²) < 4.78 is 0. The van der Waals surface area contributed by atoms with E-state index >= 15 is 0 Å². The number of hydrogen-bond acceptors (Lipinski definition) is 3. The molecule has 0 rings (SSSR count). The number of nitrogens with two attached hydrogens (primary N) is 1. The Morgan fingerprint density at radius 1 is 1.33 bits per heavy atom. The van der Waals surface area contributed by atoms with Gasteiger partial charge in [0.05, 0.1) is 0 Å². The van der Waals surface area contributed by atoms with Gasteiger partial charge in [-0.25, -0.2) is 0 Å². The van der Waals surface area contributed by atoms with Gasteiger partial charge < -0.3 is 16.4 Å². The largest absolute Gasteiger partial charge is 0.359 e. The Balaban J connectivity index is 4.06. The zero-order chi connectivity index (χ0) is 12.0. The lowest BCUT2D eigenvalue weighted by molar-refractivity contribution is -0.124. The third-order valence-electron chi connectivity index (χ3n) is 2.39. The molecule has 0 bridgehead atoms. The summed E-state index contributed by atoms with van der Waals surface area (Å²) in [6.45, 7) is 5.10. The topological polar surface area (TPSA) is 84.2 Å². The van der Waals surface area contributed by atoms with Crippen LogP contribution in [0.2, 0.25) is 0 Å². The number of carbonyl (C=O) groups excluding carboxylic acids is 2. The zero-order valence-electron chi connectivity index (χ0n) is 9.83. The quantitative estimate of drug-likeness (QED) is 0.584. The van der Waals surface area contributed by atoms with E-state index in [9.17, 15) is 9.59 Å². The Labute approximate surface area is 90.8 Å². The summed E-state index contributed by atoms with van der Waals surface area (Å²) >= 11 is 0. The van der Waals surface area contributed by atoms with E-state index in [1.54, 1.807) is 7.05 Å². The Bertz CT molecular complexity index is 231. The van der Waals surface area contributed by atoms with Gasteiger partial charge in [0.1, 0.15) is 0 Å². The summed E-state index contributed by atoms with van der Waals surface area (Å²) in [4.78, 5) is 22.0. The predicted octanol–water partition coefficient (Wildman–Crippen LogP) is -0.389. The molecule has 4 N–H and O–H groups in total. The maximum absolute atomic E-state index is 11.2. The first-order valence-corrected chi connectivity index (χ1v) is 5.12. The van der Waals surface area contributed by atoms with Gasteiger partial charge in [-0.3, -0.25) is 9.59 Å². The molecule has 0 radical (unpaired) electrons. The highest BCUT2D eigenvalue weighted by molar-refractivity contribution is 5.78. The van der Waals surface area contributed by atoms with Crippen LogP contribution >= 0.6 is 0 Å². The highest BCUT2D eigenvalue weighted by atomic mass is 16.2. The van der Waals surface area contributed by atoms with Gasteiger partial charge in [0.15, 0.2) is 0 Å². The lowest BCUT2D eigenvalue weighted by Crippen LogP contribution is -2.46. The first kappa shape index (κ1) is 13.9. The van der Waals surface area contributed by atoms with Crippen LogP contribution in [0.3, 0.4) is 0 Å². The highest BCUT2D eigenvalue weighted by Crippen LogP contribution is 2.07. The Kier molecular flexibility index (Phi) is 5.93. The van der Waals surface area contributed by atoms with Crippen molar-refractivity contribution in [1.82, 2.24) is 10.6 Å². The minimum atomic E-state index is -0.207. The van der Waals surface area contributed by atoms with Gasteiger partial charge >= 0.3 is 0 Å². The van der Waals surface area contributed by atoms with Gasteiger partial charge in [0.25, 0.3) is 0 Å². The second-order valence-electron chi connectivity index (χ2n) is 3.90. The third kappa shape index (κ3) is 5.37. The van der Waals surface area contributed by atoms with E-state index in [1.165, 1.54) is 6.92 Å². The molecule has 0 aromatic heterocycles. The van der Waals surface area contributed by atoms with Crippen molar-refractivity contribution < 1.29 is 9.59 Å². The molecule has 0 saturated heterocycles. The van der Waals surface area contributed by atoms with Crippen molar-refractivity contribution in [2.75, 3.05) is 7.05 Å². The number of carbonyl (C=O) groups is 2. The van der Waals surface area contributed by atoms with E-state index in [0.29, 0.717) is 6.42 Å². The molecule has 0 aliphatic carbocycles. The molecule has 88 valence electrons. The zero-order valence-corrected chi connectivity index (χ0v) is 9.83. The van der Waals surface area contributed by atoms with E-state index in [0.717, 1.165) is 0 Å². The Morgan fingerprint density at radius 3 is 2.27 bits per heavy atom. The van der Waals surface area contributed by atoms with E-state index in [2.05, 4.69) is 10.6 Å². The van der Waals surface area contributed by atoms with Crippen molar-refractivity contribution in [2.45, 2.75) is 39.3 Å². The molecule has 15 heavy (non-hydrogen) atoms. The third-order valence-corrected chi connectivity index (χ3v) is 2.39. The number of amides is 2. The van der Waals surface area contributed by atoms with E-state index in [4.69, 9.17) is 5.73 Å². The van der Waals surface area contributed by atoms with Crippen molar-refractivity contribution in [1.29, 1.82) is 0 Å². The molecule has 0 aromatic rings. The fourth-order valence-electron chi connectivity index (χ4n) is 1.39. The molecule has 0 saturated carbocycles. The van der Waals surface area contributed by atoms with Crippen LogP contribution in [-0.4, -0.2) is 30.9 Å². The number of rotatable bonds is 5. The summed E-state index contributed by atoms with van der Waals surface area (Å²) in [5.74, 6) is -0.271. The molecule has 0 aliphatic rings. The van der Waals surface area contributed by atoms with Gasteiger partial charge in [-0.05, 0) is 13.3 Å². The molecule has 0 unspecified atom stereocenters. The Hall–Kier alpha value is -1.10. The SMILES string of the molecule is CNC(=O)[C@H](C)C[C@H](N)[C@H](C)NC(C)=O. The number of hydrogen-bond donors (Lipinski definition) is 3. The maximum Gasteiger partial charge on any atom is 0.222 e. The molecule has 0 heterocycles. The summed E-state index contributed by atoms with van der Waals surface area (Å²) in [6.07, 6.45) is 0.557. The Morgan fingerprint density at radius 2 is 1.87 bits per heavy atom. The van der Waals surface area contributed by atoms with Crippen LogP contribution in [0.4, 0.5) is 0 Å².